The van der Waals surface area contributed by atoms with Crippen molar-refractivity contribution in [1.29, 1.82) is 0 Å². The van der Waals surface area contributed by atoms with Gasteiger partial charge in [-0.15, -0.1) is 0 Å². The Hall–Kier alpha value is -2.73. The minimum atomic E-state index is 0.572. The fourth-order valence-electron chi connectivity index (χ4n) is 3.42. The number of piperidine rings is 1. The average molecular weight is 407 g/mol. The summed E-state index contributed by atoms with van der Waals surface area (Å²) in [5.74, 6) is 1.59. The molecular formula is C23H26N4OS. The summed E-state index contributed by atoms with van der Waals surface area (Å²) in [6.45, 7) is 6.31. The van der Waals surface area contributed by atoms with Gasteiger partial charge in [0.05, 0.1) is 12.0 Å². The van der Waals surface area contributed by atoms with Crippen LogP contribution in [0.15, 0.2) is 47.5 Å². The Kier molecular flexibility index (Phi) is 6.20. The number of nitrogens with zero attached hydrogens (tertiary/aromatic N) is 4. The second kappa shape index (κ2) is 9.18. The number of aliphatic imine (C=N–C) groups is 1. The molecule has 0 aliphatic carbocycles. The van der Waals surface area contributed by atoms with Crippen molar-refractivity contribution >= 4 is 23.6 Å². The van der Waals surface area contributed by atoms with Gasteiger partial charge < -0.3 is 9.64 Å². The van der Waals surface area contributed by atoms with E-state index in [1.54, 1.807) is 0 Å². The van der Waals surface area contributed by atoms with E-state index >= 15 is 0 Å². The van der Waals surface area contributed by atoms with Gasteiger partial charge in [-0.05, 0) is 61.9 Å². The predicted molar refractivity (Wildman–Crippen MR) is 119 cm³/mol. The van der Waals surface area contributed by atoms with Crippen LogP contribution in [0.2, 0.25) is 0 Å². The summed E-state index contributed by atoms with van der Waals surface area (Å²) in [4.78, 5) is 11.6. The van der Waals surface area contributed by atoms with Gasteiger partial charge in [0.2, 0.25) is 0 Å². The molecule has 1 fully saturated rings. The van der Waals surface area contributed by atoms with Gasteiger partial charge in [-0.2, -0.15) is 9.36 Å². The van der Waals surface area contributed by atoms with Crippen molar-refractivity contribution < 1.29 is 4.74 Å². The summed E-state index contributed by atoms with van der Waals surface area (Å²) < 4.78 is 10.5. The summed E-state index contributed by atoms with van der Waals surface area (Å²) in [5.41, 5.74) is 4.32. The Labute approximate surface area is 176 Å². The van der Waals surface area contributed by atoms with Crippen LogP contribution in [0.4, 0.5) is 5.69 Å². The van der Waals surface area contributed by atoms with Gasteiger partial charge in [0.1, 0.15) is 5.75 Å². The van der Waals surface area contributed by atoms with E-state index in [-0.39, 0.29) is 0 Å². The molecule has 2 heterocycles. The van der Waals surface area contributed by atoms with Crippen LogP contribution in [-0.2, 0) is 6.42 Å². The van der Waals surface area contributed by atoms with Crippen molar-refractivity contribution in [3.8, 4) is 10.9 Å². The summed E-state index contributed by atoms with van der Waals surface area (Å²) in [5, 5.41) is 0.572. The van der Waals surface area contributed by atoms with E-state index in [4.69, 9.17) is 9.73 Å². The predicted octanol–water partition coefficient (Wildman–Crippen LogP) is 5.68. The molecular weight excluding hydrogens is 380 g/mol. The molecule has 0 bridgehead atoms. The highest BCUT2D eigenvalue weighted by molar-refractivity contribution is 7.07. The first kappa shape index (κ1) is 19.6. The van der Waals surface area contributed by atoms with E-state index in [0.717, 1.165) is 41.5 Å². The lowest BCUT2D eigenvalue weighted by Gasteiger charge is -2.23. The average Bonchev–Trinajstić information content (AvgIpc) is 3.18. The molecule has 1 saturated heterocycles. The number of aromatic nitrogens is 2. The van der Waals surface area contributed by atoms with Gasteiger partial charge in [0, 0.05) is 31.0 Å². The zero-order chi connectivity index (χ0) is 20.1. The maximum Gasteiger partial charge on any atom is 0.298 e. The molecule has 29 heavy (non-hydrogen) atoms. The molecule has 4 rings (SSSR count). The monoisotopic (exact) mass is 406 g/mol. The molecule has 0 N–H and O–H groups in total. The summed E-state index contributed by atoms with van der Waals surface area (Å²) >= 11 is 1.29. The van der Waals surface area contributed by atoms with E-state index in [1.165, 1.54) is 36.4 Å². The van der Waals surface area contributed by atoms with Crippen LogP contribution in [-0.4, -0.2) is 33.7 Å². The largest absolute Gasteiger partial charge is 0.430 e. The first-order valence-electron chi connectivity index (χ1n) is 10.1. The highest BCUT2D eigenvalue weighted by atomic mass is 32.1. The van der Waals surface area contributed by atoms with Gasteiger partial charge in [-0.3, -0.25) is 0 Å². The van der Waals surface area contributed by atoms with Crippen LogP contribution >= 0.6 is 11.5 Å². The molecule has 5 nitrogen and oxygen atoms in total. The molecule has 1 aromatic heterocycles. The lowest BCUT2D eigenvalue weighted by Crippen LogP contribution is -2.28. The molecule has 2 aromatic carbocycles. The van der Waals surface area contributed by atoms with Crippen LogP contribution in [0.1, 0.15) is 41.8 Å². The number of rotatable bonds is 6. The maximum absolute atomic E-state index is 6.04. The van der Waals surface area contributed by atoms with Crippen molar-refractivity contribution in [3.05, 3.63) is 65.0 Å². The lowest BCUT2D eigenvalue weighted by molar-refractivity contribution is 0.351. The van der Waals surface area contributed by atoms with Gasteiger partial charge in [-0.25, -0.2) is 4.99 Å². The fourth-order valence-corrected chi connectivity index (χ4v) is 3.99. The summed E-state index contributed by atoms with van der Waals surface area (Å²) in [6, 6.07) is 14.4. The molecule has 0 amide bonds. The summed E-state index contributed by atoms with van der Waals surface area (Å²) in [7, 11) is 0. The lowest BCUT2D eigenvalue weighted by atomic mass is 10.1. The Balaban J connectivity index is 1.44. The first-order chi connectivity index (χ1) is 14.2. The number of aryl methyl sites for hydroxylation is 2. The van der Waals surface area contributed by atoms with Gasteiger partial charge in [-0.1, -0.05) is 30.3 Å². The third kappa shape index (κ3) is 5.21. The molecule has 1 aliphatic rings. The SMILES string of the molecule is Cc1cc(Oc2nc(Cc3ccccc3)ns2)c(C)cc1N=CN1CCCCC1. The van der Waals surface area contributed by atoms with E-state index < -0.39 is 0 Å². The van der Waals surface area contributed by atoms with Crippen LogP contribution in [0, 0.1) is 13.8 Å². The van der Waals surface area contributed by atoms with Crippen LogP contribution in [0.3, 0.4) is 0 Å². The zero-order valence-electron chi connectivity index (χ0n) is 17.0. The topological polar surface area (TPSA) is 50.6 Å². The molecule has 0 unspecified atom stereocenters. The molecule has 150 valence electrons. The number of ether oxygens (including phenoxy) is 1. The molecule has 0 spiro atoms. The Bertz CT molecular complexity index is 978. The highest BCUT2D eigenvalue weighted by Crippen LogP contribution is 2.32. The van der Waals surface area contributed by atoms with E-state index in [0.29, 0.717) is 11.6 Å². The van der Waals surface area contributed by atoms with Gasteiger partial charge in [0.15, 0.2) is 5.82 Å². The smallest absolute Gasteiger partial charge is 0.298 e. The Morgan fingerprint density at radius 1 is 1.07 bits per heavy atom. The van der Waals surface area contributed by atoms with E-state index in [1.807, 2.05) is 37.5 Å². The third-order valence-electron chi connectivity index (χ3n) is 5.10. The molecule has 3 aromatic rings. The fraction of sp³-hybridized carbons (Fsp3) is 0.348. The van der Waals surface area contributed by atoms with Crippen LogP contribution < -0.4 is 4.74 Å². The number of hydrogen-bond acceptors (Lipinski definition) is 5. The van der Waals surface area contributed by atoms with E-state index in [9.17, 15) is 0 Å². The zero-order valence-corrected chi connectivity index (χ0v) is 17.8. The molecule has 1 aliphatic heterocycles. The quantitative estimate of drug-likeness (QED) is 0.390. The summed E-state index contributed by atoms with van der Waals surface area (Å²) in [6.07, 6.45) is 6.54. The molecule has 6 heteroatoms. The molecule has 0 saturated carbocycles. The van der Waals surface area contributed by atoms with Crippen LogP contribution in [0.25, 0.3) is 0 Å². The van der Waals surface area contributed by atoms with Gasteiger partial charge >= 0.3 is 0 Å². The number of benzene rings is 2. The second-order valence-corrected chi connectivity index (χ2v) is 8.20. The van der Waals surface area contributed by atoms with Crippen molar-refractivity contribution in [2.75, 3.05) is 13.1 Å². The van der Waals surface area contributed by atoms with Gasteiger partial charge in [0.25, 0.3) is 5.19 Å². The minimum Gasteiger partial charge on any atom is -0.430 e. The second-order valence-electron chi connectivity index (χ2n) is 7.49. The minimum absolute atomic E-state index is 0.572. The first-order valence-corrected chi connectivity index (χ1v) is 10.9. The standard InChI is InChI=1S/C23H26N4OS/c1-17-14-21(18(2)13-20(17)24-16-27-11-7-4-8-12-27)28-23-25-22(26-29-23)15-19-9-5-3-6-10-19/h3,5-6,9-10,13-14,16H,4,7-8,11-12,15H2,1-2H3. The number of hydrogen-bond donors (Lipinski definition) is 0. The Morgan fingerprint density at radius 3 is 2.66 bits per heavy atom. The van der Waals surface area contributed by atoms with Crippen molar-refractivity contribution in [1.82, 2.24) is 14.3 Å². The Morgan fingerprint density at radius 2 is 1.86 bits per heavy atom. The third-order valence-corrected chi connectivity index (χ3v) is 5.73. The van der Waals surface area contributed by atoms with Crippen LogP contribution in [0.5, 0.6) is 10.9 Å². The highest BCUT2D eigenvalue weighted by Gasteiger charge is 2.11. The van der Waals surface area contributed by atoms with Crippen molar-refractivity contribution in [3.63, 3.8) is 0 Å². The van der Waals surface area contributed by atoms with Crippen molar-refractivity contribution in [2.45, 2.75) is 39.5 Å². The molecule has 0 radical (unpaired) electrons. The number of likely N-dealkylation sites (tertiary alicyclic amines) is 1. The van der Waals surface area contributed by atoms with E-state index in [2.05, 4.69) is 39.4 Å². The maximum atomic E-state index is 6.04. The normalized spacial score (nSPS) is 14.5. The molecule has 0 atom stereocenters. The van der Waals surface area contributed by atoms with Crippen molar-refractivity contribution in [2.24, 2.45) is 4.99 Å².